The van der Waals surface area contributed by atoms with Crippen molar-refractivity contribution < 1.29 is 26.1 Å². The van der Waals surface area contributed by atoms with Gasteiger partial charge in [0.25, 0.3) is 10.1 Å². The van der Waals surface area contributed by atoms with Gasteiger partial charge in [-0.3, -0.25) is 4.18 Å². The molecule has 1 aromatic rings. The summed E-state index contributed by atoms with van der Waals surface area (Å²) in [5, 5.41) is 0. The van der Waals surface area contributed by atoms with Crippen LogP contribution in [-0.4, -0.2) is 21.1 Å². The fourth-order valence-corrected chi connectivity index (χ4v) is 2.40. The summed E-state index contributed by atoms with van der Waals surface area (Å²) < 4.78 is 59.8. The first kappa shape index (κ1) is 15.4. The predicted molar refractivity (Wildman–Crippen MR) is 64.1 cm³/mol. The molecule has 0 aliphatic rings. The minimum atomic E-state index is -4.36. The molecule has 0 saturated heterocycles. The van der Waals surface area contributed by atoms with Crippen molar-refractivity contribution in [3.8, 4) is 18.1 Å². The van der Waals surface area contributed by atoms with Gasteiger partial charge in [-0.05, 0) is 26.0 Å². The standard InChI is InChI=1S/C12H12F2O4S/c1-4-7-17-9-5-6-10(12(14)11(9)13)19(15,16)18-8(2)3/h1,5-6,8H,7H2,2-3H3. The smallest absolute Gasteiger partial charge is 0.300 e. The van der Waals surface area contributed by atoms with E-state index in [2.05, 4.69) is 10.1 Å². The van der Waals surface area contributed by atoms with Crippen molar-refractivity contribution in [2.45, 2.75) is 24.8 Å². The monoisotopic (exact) mass is 290 g/mol. The summed E-state index contributed by atoms with van der Waals surface area (Å²) in [6, 6.07) is 1.84. The minimum absolute atomic E-state index is 0.259. The van der Waals surface area contributed by atoms with E-state index in [1.165, 1.54) is 13.8 Å². The molecule has 0 unspecified atom stereocenters. The van der Waals surface area contributed by atoms with Crippen molar-refractivity contribution >= 4 is 10.1 Å². The fourth-order valence-electron chi connectivity index (χ4n) is 1.24. The van der Waals surface area contributed by atoms with E-state index in [0.29, 0.717) is 0 Å². The van der Waals surface area contributed by atoms with Crippen molar-refractivity contribution in [1.82, 2.24) is 0 Å². The molecule has 0 spiro atoms. The minimum Gasteiger partial charge on any atom is -0.478 e. The number of ether oxygens (including phenoxy) is 1. The van der Waals surface area contributed by atoms with Crippen LogP contribution in [0.15, 0.2) is 17.0 Å². The quantitative estimate of drug-likeness (QED) is 0.615. The van der Waals surface area contributed by atoms with Crippen LogP contribution in [0.3, 0.4) is 0 Å². The molecule has 19 heavy (non-hydrogen) atoms. The zero-order valence-electron chi connectivity index (χ0n) is 10.3. The van der Waals surface area contributed by atoms with Gasteiger partial charge in [0.05, 0.1) is 6.10 Å². The number of rotatable bonds is 5. The third-order valence-corrected chi connectivity index (χ3v) is 3.40. The highest BCUT2D eigenvalue weighted by atomic mass is 32.2. The molecular formula is C12H12F2O4S. The van der Waals surface area contributed by atoms with E-state index in [0.717, 1.165) is 12.1 Å². The normalized spacial score (nSPS) is 11.4. The molecular weight excluding hydrogens is 278 g/mol. The van der Waals surface area contributed by atoms with E-state index in [4.69, 9.17) is 11.2 Å². The maximum absolute atomic E-state index is 13.7. The van der Waals surface area contributed by atoms with Gasteiger partial charge >= 0.3 is 0 Å². The van der Waals surface area contributed by atoms with Crippen LogP contribution in [0.5, 0.6) is 5.75 Å². The SMILES string of the molecule is C#CCOc1ccc(S(=O)(=O)OC(C)C)c(F)c1F. The maximum atomic E-state index is 13.7. The lowest BCUT2D eigenvalue weighted by molar-refractivity contribution is 0.247. The van der Waals surface area contributed by atoms with Crippen LogP contribution in [-0.2, 0) is 14.3 Å². The lowest BCUT2D eigenvalue weighted by Crippen LogP contribution is -2.15. The highest BCUT2D eigenvalue weighted by Gasteiger charge is 2.26. The second-order valence-corrected chi connectivity index (χ2v) is 5.32. The van der Waals surface area contributed by atoms with Crippen molar-refractivity contribution in [1.29, 1.82) is 0 Å². The molecule has 0 aromatic heterocycles. The predicted octanol–water partition coefficient (Wildman–Crippen LogP) is 2.09. The van der Waals surface area contributed by atoms with Crippen LogP contribution >= 0.6 is 0 Å². The Labute approximate surface area is 110 Å². The zero-order valence-corrected chi connectivity index (χ0v) is 11.1. The summed E-state index contributed by atoms with van der Waals surface area (Å²) in [4.78, 5) is -0.883. The van der Waals surface area contributed by atoms with Crippen LogP contribution in [0.1, 0.15) is 13.8 Å². The fraction of sp³-hybridized carbons (Fsp3) is 0.333. The van der Waals surface area contributed by atoms with E-state index < -0.39 is 38.5 Å². The Morgan fingerprint density at radius 2 is 1.95 bits per heavy atom. The molecule has 1 rings (SSSR count). The molecule has 0 fully saturated rings. The molecule has 0 radical (unpaired) electrons. The van der Waals surface area contributed by atoms with Gasteiger partial charge in [-0.25, -0.2) is 4.39 Å². The van der Waals surface area contributed by atoms with E-state index >= 15 is 0 Å². The van der Waals surface area contributed by atoms with Crippen molar-refractivity contribution in [3.05, 3.63) is 23.8 Å². The first-order chi connectivity index (χ1) is 8.79. The van der Waals surface area contributed by atoms with Gasteiger partial charge in [0, 0.05) is 0 Å². The second-order valence-electron chi connectivity index (χ2n) is 3.78. The lowest BCUT2D eigenvalue weighted by atomic mass is 10.3. The summed E-state index contributed by atoms with van der Waals surface area (Å²) >= 11 is 0. The van der Waals surface area contributed by atoms with Crippen LogP contribution in [0, 0.1) is 24.0 Å². The van der Waals surface area contributed by atoms with E-state index in [1.807, 2.05) is 0 Å². The molecule has 4 nitrogen and oxygen atoms in total. The van der Waals surface area contributed by atoms with Crippen LogP contribution in [0.25, 0.3) is 0 Å². The van der Waals surface area contributed by atoms with E-state index in [-0.39, 0.29) is 6.61 Å². The zero-order chi connectivity index (χ0) is 14.6. The third-order valence-electron chi connectivity index (χ3n) is 1.91. The Morgan fingerprint density at radius 3 is 2.47 bits per heavy atom. The number of terminal acetylenes is 1. The van der Waals surface area contributed by atoms with Gasteiger partial charge in [-0.15, -0.1) is 6.42 Å². The van der Waals surface area contributed by atoms with Crippen molar-refractivity contribution in [2.24, 2.45) is 0 Å². The Morgan fingerprint density at radius 1 is 1.32 bits per heavy atom. The maximum Gasteiger partial charge on any atom is 0.300 e. The summed E-state index contributed by atoms with van der Waals surface area (Å²) in [7, 11) is -4.36. The molecule has 0 N–H and O–H groups in total. The molecule has 0 saturated carbocycles. The van der Waals surface area contributed by atoms with Gasteiger partial charge in [-0.2, -0.15) is 12.8 Å². The summed E-state index contributed by atoms with van der Waals surface area (Å²) in [5.41, 5.74) is 0. The van der Waals surface area contributed by atoms with Gasteiger partial charge in [0.15, 0.2) is 11.6 Å². The Bertz CT molecular complexity index is 603. The number of halogens is 2. The molecule has 104 valence electrons. The second kappa shape index (κ2) is 5.99. The number of hydrogen-bond donors (Lipinski definition) is 0. The Balaban J connectivity index is 3.20. The molecule has 0 atom stereocenters. The third kappa shape index (κ3) is 3.66. The van der Waals surface area contributed by atoms with Crippen LogP contribution < -0.4 is 4.74 Å². The first-order valence-corrected chi connectivity index (χ1v) is 6.68. The molecule has 0 heterocycles. The van der Waals surface area contributed by atoms with Gasteiger partial charge in [0.2, 0.25) is 5.82 Å². The largest absolute Gasteiger partial charge is 0.478 e. The molecule has 0 bridgehead atoms. The molecule has 1 aromatic carbocycles. The average Bonchev–Trinajstić information content (AvgIpc) is 2.29. The highest BCUT2D eigenvalue weighted by Crippen LogP contribution is 2.27. The first-order valence-electron chi connectivity index (χ1n) is 5.27. The topological polar surface area (TPSA) is 52.6 Å². The van der Waals surface area contributed by atoms with Crippen LogP contribution in [0.2, 0.25) is 0 Å². The highest BCUT2D eigenvalue weighted by molar-refractivity contribution is 7.86. The van der Waals surface area contributed by atoms with Gasteiger partial charge < -0.3 is 4.74 Å². The van der Waals surface area contributed by atoms with Crippen molar-refractivity contribution in [3.63, 3.8) is 0 Å². The van der Waals surface area contributed by atoms with E-state index in [9.17, 15) is 17.2 Å². The number of hydrogen-bond acceptors (Lipinski definition) is 4. The average molecular weight is 290 g/mol. The Kier molecular flexibility index (Phi) is 4.86. The molecule has 7 heteroatoms. The Hall–Kier alpha value is -1.65. The molecule has 0 aliphatic heterocycles. The van der Waals surface area contributed by atoms with Gasteiger partial charge in [0.1, 0.15) is 11.5 Å². The van der Waals surface area contributed by atoms with Crippen LogP contribution in [0.4, 0.5) is 8.78 Å². The van der Waals surface area contributed by atoms with E-state index in [1.54, 1.807) is 0 Å². The lowest BCUT2D eigenvalue weighted by Gasteiger charge is -2.11. The summed E-state index contributed by atoms with van der Waals surface area (Å²) in [6.07, 6.45) is 4.22. The van der Waals surface area contributed by atoms with Gasteiger partial charge in [-0.1, -0.05) is 5.92 Å². The molecule has 0 amide bonds. The summed E-state index contributed by atoms with van der Waals surface area (Å²) in [5.74, 6) is -1.37. The summed E-state index contributed by atoms with van der Waals surface area (Å²) in [6.45, 7) is 2.65. The number of benzene rings is 1. The van der Waals surface area contributed by atoms with Crippen molar-refractivity contribution in [2.75, 3.05) is 6.61 Å². The molecule has 0 aliphatic carbocycles.